The molecule has 3 rings (SSSR count). The van der Waals surface area contributed by atoms with E-state index in [1.165, 1.54) is 0 Å². The van der Waals surface area contributed by atoms with E-state index < -0.39 is 14.5 Å². The molecule has 0 radical (unpaired) electrons. The summed E-state index contributed by atoms with van der Waals surface area (Å²) in [7, 11) is 0. The van der Waals surface area contributed by atoms with Crippen LogP contribution in [0, 0.1) is 0 Å². The molecule has 0 saturated heterocycles. The number of nitrogens with zero attached hydrogens (tertiary/aromatic N) is 3. The number of hydrogen-bond acceptors (Lipinski definition) is 7. The van der Waals surface area contributed by atoms with E-state index in [-0.39, 0.29) is 0 Å². The molecule has 3 aromatic rings. The maximum absolute atomic E-state index is 14.6. The Morgan fingerprint density at radius 1 is 0.380 bits per heavy atom. The fourth-order valence-corrected chi connectivity index (χ4v) is 8.43. The Morgan fingerprint density at radius 2 is 0.580 bits per heavy atom. The molecule has 0 saturated carbocycles. The Kier molecular flexibility index (Phi) is 19.2. The molecule has 278 valence electrons. The number of unbranched alkanes of at least 4 members (excludes halogenated alkanes) is 6. The van der Waals surface area contributed by atoms with Crippen LogP contribution in [0.3, 0.4) is 0 Å². The van der Waals surface area contributed by atoms with E-state index in [1.54, 1.807) is 0 Å². The Bertz CT molecular complexity index is 1160. The van der Waals surface area contributed by atoms with Gasteiger partial charge in [-0.05, 0) is 0 Å². The standard InChI is InChI=1S/C42H66AsN3O4/c1-7-13-31-44(32-14-8-2)37-19-25-40(26-20-37)48-43(47,49-41-27-21-38(22-28-41)45(33-15-9-3)34-16-10-4)50-42-29-23-39(24-30-42)46(35-17-11-5)36-18-12-6/h19-30H,7-18,31-36H2,1-6H3. The zero-order chi connectivity index (χ0) is 36.0. The van der Waals surface area contributed by atoms with E-state index in [0.717, 1.165) is 133 Å². The van der Waals surface area contributed by atoms with Gasteiger partial charge in [-0.15, -0.1) is 0 Å². The van der Waals surface area contributed by atoms with Gasteiger partial charge in [0.1, 0.15) is 0 Å². The van der Waals surface area contributed by atoms with Gasteiger partial charge in [0.2, 0.25) is 0 Å². The number of hydrogen-bond donors (Lipinski definition) is 0. The van der Waals surface area contributed by atoms with Gasteiger partial charge in [-0.2, -0.15) is 0 Å². The number of benzene rings is 3. The van der Waals surface area contributed by atoms with Crippen LogP contribution in [0.5, 0.6) is 17.2 Å². The summed E-state index contributed by atoms with van der Waals surface area (Å²) in [6.07, 6.45) is 13.8. The third kappa shape index (κ3) is 14.2. The van der Waals surface area contributed by atoms with Crippen molar-refractivity contribution in [1.29, 1.82) is 0 Å². The van der Waals surface area contributed by atoms with Crippen molar-refractivity contribution in [3.05, 3.63) is 72.8 Å². The molecule has 0 aliphatic heterocycles. The van der Waals surface area contributed by atoms with Crippen molar-refractivity contribution in [2.24, 2.45) is 0 Å². The van der Waals surface area contributed by atoms with Crippen molar-refractivity contribution in [1.82, 2.24) is 0 Å². The summed E-state index contributed by atoms with van der Waals surface area (Å²) in [5, 5.41) is 0. The molecule has 0 amide bonds. The molecule has 8 heteroatoms. The van der Waals surface area contributed by atoms with Gasteiger partial charge in [-0.1, -0.05) is 0 Å². The van der Waals surface area contributed by atoms with Gasteiger partial charge >= 0.3 is 309 Å². The summed E-state index contributed by atoms with van der Waals surface area (Å²) in [4.78, 5) is 7.27. The third-order valence-electron chi connectivity index (χ3n) is 8.95. The van der Waals surface area contributed by atoms with E-state index in [2.05, 4.69) is 56.2 Å². The zero-order valence-electron chi connectivity index (χ0n) is 32.1. The normalized spacial score (nSPS) is 11.3. The second-order valence-electron chi connectivity index (χ2n) is 13.3. The van der Waals surface area contributed by atoms with Crippen molar-refractivity contribution in [3.63, 3.8) is 0 Å². The fourth-order valence-electron chi connectivity index (χ4n) is 5.80. The van der Waals surface area contributed by atoms with Crippen molar-refractivity contribution in [2.75, 3.05) is 54.0 Å². The summed E-state index contributed by atoms with van der Waals surface area (Å²) in [6, 6.07) is 23.6. The molecular formula is C42H66AsN3O4. The van der Waals surface area contributed by atoms with E-state index in [4.69, 9.17) is 11.2 Å². The van der Waals surface area contributed by atoms with E-state index >= 15 is 0 Å². The van der Waals surface area contributed by atoms with Gasteiger partial charge in [-0.25, -0.2) is 0 Å². The Labute approximate surface area is 308 Å². The average molecular weight is 752 g/mol. The zero-order valence-corrected chi connectivity index (χ0v) is 34.0. The molecule has 0 heterocycles. The van der Waals surface area contributed by atoms with Crippen LogP contribution in [-0.2, 0) is 3.74 Å². The molecule has 0 atom stereocenters. The van der Waals surface area contributed by atoms with Gasteiger partial charge in [0, 0.05) is 0 Å². The molecule has 0 N–H and O–H groups in total. The van der Waals surface area contributed by atoms with Crippen LogP contribution in [0.4, 0.5) is 17.1 Å². The molecule has 0 aliphatic rings. The molecule has 0 aliphatic carbocycles. The monoisotopic (exact) mass is 751 g/mol. The molecule has 7 nitrogen and oxygen atoms in total. The topological polar surface area (TPSA) is 54.5 Å². The van der Waals surface area contributed by atoms with Crippen molar-refractivity contribution >= 4 is 31.6 Å². The molecule has 0 unspecified atom stereocenters. The average Bonchev–Trinajstić information content (AvgIpc) is 3.13. The van der Waals surface area contributed by atoms with Crippen LogP contribution in [0.1, 0.15) is 119 Å². The van der Waals surface area contributed by atoms with Crippen LogP contribution < -0.4 is 25.9 Å². The maximum atomic E-state index is 14.6. The van der Waals surface area contributed by atoms with Crippen LogP contribution in [0.15, 0.2) is 72.8 Å². The SMILES string of the molecule is CCCCN(CCCC)c1ccc(O[As](=O)(Oc2ccc(N(CCCC)CCCC)cc2)Oc2ccc(N(CCCC)CCCC)cc2)cc1. The summed E-state index contributed by atoms with van der Waals surface area (Å²) >= 11 is -4.97. The first kappa shape index (κ1) is 41.2. The molecule has 0 spiro atoms. The first-order valence-electron chi connectivity index (χ1n) is 19.6. The molecular weight excluding hydrogens is 685 g/mol. The molecule has 3 aromatic carbocycles. The number of rotatable bonds is 27. The molecule has 50 heavy (non-hydrogen) atoms. The quantitative estimate of drug-likeness (QED) is 0.0719. The van der Waals surface area contributed by atoms with Gasteiger partial charge in [0.05, 0.1) is 0 Å². The van der Waals surface area contributed by atoms with Crippen LogP contribution in [0.2, 0.25) is 0 Å². The summed E-state index contributed by atoms with van der Waals surface area (Å²) in [5.41, 5.74) is 3.42. The molecule has 0 bridgehead atoms. The number of anilines is 3. The van der Waals surface area contributed by atoms with E-state index in [0.29, 0.717) is 17.2 Å². The van der Waals surface area contributed by atoms with Crippen molar-refractivity contribution in [3.8, 4) is 17.2 Å². The van der Waals surface area contributed by atoms with E-state index in [9.17, 15) is 3.74 Å². The van der Waals surface area contributed by atoms with Crippen LogP contribution in [-0.4, -0.2) is 53.8 Å². The summed E-state index contributed by atoms with van der Waals surface area (Å²) in [6.45, 7) is 19.4. The minimum absolute atomic E-state index is 0.464. The molecule has 0 fully saturated rings. The summed E-state index contributed by atoms with van der Waals surface area (Å²) < 4.78 is 33.2. The van der Waals surface area contributed by atoms with Gasteiger partial charge in [0.15, 0.2) is 0 Å². The van der Waals surface area contributed by atoms with Gasteiger partial charge in [0.25, 0.3) is 0 Å². The second kappa shape index (κ2) is 23.3. The Hall–Kier alpha value is -3.18. The van der Waals surface area contributed by atoms with Gasteiger partial charge < -0.3 is 0 Å². The summed E-state index contributed by atoms with van der Waals surface area (Å²) in [5.74, 6) is 1.39. The fraction of sp³-hybridized carbons (Fsp3) is 0.571. The van der Waals surface area contributed by atoms with Crippen LogP contribution >= 0.6 is 0 Å². The predicted molar refractivity (Wildman–Crippen MR) is 214 cm³/mol. The Balaban J connectivity index is 1.87. The minimum atomic E-state index is -4.97. The van der Waals surface area contributed by atoms with Gasteiger partial charge in [-0.3, -0.25) is 0 Å². The predicted octanol–water partition coefficient (Wildman–Crippen LogP) is 11.3. The second-order valence-corrected chi connectivity index (χ2v) is 16.3. The first-order valence-corrected chi connectivity index (χ1v) is 22.7. The van der Waals surface area contributed by atoms with Crippen molar-refractivity contribution < 1.29 is 14.9 Å². The van der Waals surface area contributed by atoms with Crippen molar-refractivity contribution in [2.45, 2.75) is 119 Å². The van der Waals surface area contributed by atoms with E-state index in [1.807, 2.05) is 72.8 Å². The Morgan fingerprint density at radius 3 is 0.760 bits per heavy atom. The first-order chi connectivity index (χ1) is 24.4. The van der Waals surface area contributed by atoms with Crippen LogP contribution in [0.25, 0.3) is 0 Å². The third-order valence-corrected chi connectivity index (χ3v) is 11.7. The molecule has 0 aromatic heterocycles.